The molecule has 2 unspecified atom stereocenters. The molecule has 0 bridgehead atoms. The molecule has 0 radical (unpaired) electrons. The summed E-state index contributed by atoms with van der Waals surface area (Å²) in [6, 6.07) is 1.00. The largest absolute Gasteiger partial charge is 0.481 e. The summed E-state index contributed by atoms with van der Waals surface area (Å²) < 4.78 is 32.8. The highest BCUT2D eigenvalue weighted by Gasteiger charge is 2.43. The van der Waals surface area contributed by atoms with Crippen molar-refractivity contribution in [1.29, 1.82) is 0 Å². The number of carbonyl (C=O) groups is 1. The molecule has 2 atom stereocenters. The molecular weight excluding hydrogens is 382 g/mol. The van der Waals surface area contributed by atoms with Crippen LogP contribution in [0.1, 0.15) is 13.3 Å². The fraction of sp³-hybridized carbons (Fsp3) is 0.583. The predicted octanol–water partition coefficient (Wildman–Crippen LogP) is 2.01. The van der Waals surface area contributed by atoms with Crippen LogP contribution in [0.25, 0.3) is 0 Å². The van der Waals surface area contributed by atoms with Crippen molar-refractivity contribution in [3.8, 4) is 0 Å². The van der Waals surface area contributed by atoms with Crippen molar-refractivity contribution < 1.29 is 23.1 Å². The van der Waals surface area contributed by atoms with Crippen molar-refractivity contribution in [2.24, 2.45) is 5.92 Å². The second kappa shape index (κ2) is 6.74. The van der Waals surface area contributed by atoms with Crippen LogP contribution in [0.15, 0.2) is 20.1 Å². The minimum Gasteiger partial charge on any atom is -0.481 e. The van der Waals surface area contributed by atoms with Crippen LogP contribution in [0.2, 0.25) is 0 Å². The van der Waals surface area contributed by atoms with Crippen molar-refractivity contribution in [3.05, 3.63) is 15.9 Å². The monoisotopic (exact) mass is 397 g/mol. The molecule has 1 fully saturated rings. The van der Waals surface area contributed by atoms with Crippen LogP contribution in [0.4, 0.5) is 0 Å². The van der Waals surface area contributed by atoms with Crippen molar-refractivity contribution in [2.75, 3.05) is 19.8 Å². The molecule has 0 spiro atoms. The topological polar surface area (TPSA) is 83.9 Å². The first-order valence-corrected chi connectivity index (χ1v) is 9.56. The van der Waals surface area contributed by atoms with E-state index < -0.39 is 28.0 Å². The normalized spacial score (nSPS) is 22.8. The van der Waals surface area contributed by atoms with Gasteiger partial charge in [-0.1, -0.05) is 6.92 Å². The standard InChI is InChI=1S/C12H16BrNO5S2/c1-2-4-14(10-7-19-6-8(10)11(15)16)21(17,18)12-9(13)3-5-20-12/h3,5,8,10H,2,4,6-7H2,1H3,(H,15,16). The van der Waals surface area contributed by atoms with E-state index in [4.69, 9.17) is 4.74 Å². The third-order valence-electron chi connectivity index (χ3n) is 3.31. The summed E-state index contributed by atoms with van der Waals surface area (Å²) in [5.41, 5.74) is 0. The van der Waals surface area contributed by atoms with Crippen LogP contribution >= 0.6 is 27.3 Å². The Morgan fingerprint density at radius 2 is 2.29 bits per heavy atom. The molecule has 0 aliphatic carbocycles. The average Bonchev–Trinajstić information content (AvgIpc) is 3.04. The highest BCUT2D eigenvalue weighted by molar-refractivity contribution is 9.10. The molecule has 9 heteroatoms. The molecular formula is C12H16BrNO5S2. The van der Waals surface area contributed by atoms with E-state index in [-0.39, 0.29) is 24.0 Å². The lowest BCUT2D eigenvalue weighted by molar-refractivity contribution is -0.142. The van der Waals surface area contributed by atoms with Gasteiger partial charge in [0.05, 0.1) is 25.2 Å². The van der Waals surface area contributed by atoms with Gasteiger partial charge >= 0.3 is 5.97 Å². The van der Waals surface area contributed by atoms with Gasteiger partial charge in [0.25, 0.3) is 10.0 Å². The predicted molar refractivity (Wildman–Crippen MR) is 81.9 cm³/mol. The van der Waals surface area contributed by atoms with Crippen LogP contribution in [0.5, 0.6) is 0 Å². The van der Waals surface area contributed by atoms with E-state index >= 15 is 0 Å². The maximum atomic E-state index is 12.8. The molecule has 0 saturated carbocycles. The maximum absolute atomic E-state index is 12.8. The first kappa shape index (κ1) is 16.9. The third-order valence-corrected chi connectivity index (χ3v) is 7.88. The molecule has 1 aliphatic rings. The minimum absolute atomic E-state index is 0.0430. The molecule has 118 valence electrons. The van der Waals surface area contributed by atoms with Crippen LogP contribution in [0.3, 0.4) is 0 Å². The Morgan fingerprint density at radius 1 is 1.57 bits per heavy atom. The number of rotatable bonds is 6. The zero-order valence-electron chi connectivity index (χ0n) is 11.4. The van der Waals surface area contributed by atoms with E-state index in [1.54, 1.807) is 11.4 Å². The summed E-state index contributed by atoms with van der Waals surface area (Å²) in [6.07, 6.45) is 0.602. The van der Waals surface area contributed by atoms with E-state index in [9.17, 15) is 18.3 Å². The Bertz CT molecular complexity index is 615. The Hall–Kier alpha value is -0.480. The summed E-state index contributed by atoms with van der Waals surface area (Å²) in [7, 11) is -3.74. The molecule has 1 N–H and O–H groups in total. The molecule has 2 heterocycles. The van der Waals surface area contributed by atoms with Crippen molar-refractivity contribution in [2.45, 2.75) is 23.6 Å². The first-order valence-electron chi connectivity index (χ1n) is 6.45. The highest BCUT2D eigenvalue weighted by atomic mass is 79.9. The Morgan fingerprint density at radius 3 is 2.81 bits per heavy atom. The maximum Gasteiger partial charge on any atom is 0.310 e. The third kappa shape index (κ3) is 3.31. The Kier molecular flexibility index (Phi) is 5.42. The van der Waals surface area contributed by atoms with Crippen LogP contribution < -0.4 is 0 Å². The molecule has 1 aliphatic heterocycles. The van der Waals surface area contributed by atoms with Gasteiger partial charge in [0.1, 0.15) is 4.21 Å². The summed E-state index contributed by atoms with van der Waals surface area (Å²) in [5, 5.41) is 10.9. The highest BCUT2D eigenvalue weighted by Crippen LogP contribution is 2.33. The van der Waals surface area contributed by atoms with Gasteiger partial charge in [-0.25, -0.2) is 8.42 Å². The molecule has 1 aromatic heterocycles. The van der Waals surface area contributed by atoms with Gasteiger partial charge in [-0.3, -0.25) is 4.79 Å². The fourth-order valence-corrected chi connectivity index (χ4v) is 6.48. The van der Waals surface area contributed by atoms with E-state index in [0.717, 1.165) is 11.3 Å². The second-order valence-corrected chi connectivity index (χ2v) is 8.58. The molecule has 2 rings (SSSR count). The van der Waals surface area contributed by atoms with Crippen molar-refractivity contribution >= 4 is 43.3 Å². The molecule has 6 nitrogen and oxygen atoms in total. The number of ether oxygens (including phenoxy) is 1. The lowest BCUT2D eigenvalue weighted by Crippen LogP contribution is -2.46. The van der Waals surface area contributed by atoms with E-state index in [1.807, 2.05) is 6.92 Å². The molecule has 0 aromatic carbocycles. The number of sulfonamides is 1. The van der Waals surface area contributed by atoms with Gasteiger partial charge in [0.15, 0.2) is 0 Å². The Balaban J connectivity index is 2.39. The number of thiophene rings is 1. The Labute approximate surface area is 135 Å². The van der Waals surface area contributed by atoms with Crippen LogP contribution in [0, 0.1) is 5.92 Å². The number of carboxylic acid groups (broad SMARTS) is 1. The summed E-state index contributed by atoms with van der Waals surface area (Å²) in [5.74, 6) is -1.86. The van der Waals surface area contributed by atoms with Gasteiger partial charge in [0.2, 0.25) is 0 Å². The van der Waals surface area contributed by atoms with E-state index in [1.165, 1.54) is 4.31 Å². The van der Waals surface area contributed by atoms with Crippen LogP contribution in [-0.4, -0.2) is 49.6 Å². The smallest absolute Gasteiger partial charge is 0.310 e. The molecule has 1 saturated heterocycles. The zero-order valence-corrected chi connectivity index (χ0v) is 14.6. The van der Waals surface area contributed by atoms with Gasteiger partial charge in [-0.05, 0) is 33.8 Å². The summed E-state index contributed by atoms with van der Waals surface area (Å²) in [4.78, 5) is 11.3. The number of hydrogen-bond acceptors (Lipinski definition) is 5. The number of nitrogens with zero attached hydrogens (tertiary/aromatic N) is 1. The zero-order chi connectivity index (χ0) is 15.6. The minimum atomic E-state index is -3.74. The molecule has 1 aromatic rings. The van der Waals surface area contributed by atoms with E-state index in [0.29, 0.717) is 10.9 Å². The quantitative estimate of drug-likeness (QED) is 0.793. The number of carboxylic acids is 1. The van der Waals surface area contributed by atoms with Crippen molar-refractivity contribution in [3.63, 3.8) is 0 Å². The molecule has 0 amide bonds. The van der Waals surface area contributed by atoms with Gasteiger partial charge in [0, 0.05) is 11.0 Å². The number of hydrogen-bond donors (Lipinski definition) is 1. The average molecular weight is 398 g/mol. The van der Waals surface area contributed by atoms with Gasteiger partial charge in [-0.15, -0.1) is 11.3 Å². The molecule has 21 heavy (non-hydrogen) atoms. The van der Waals surface area contributed by atoms with E-state index in [2.05, 4.69) is 15.9 Å². The van der Waals surface area contributed by atoms with Gasteiger partial charge < -0.3 is 9.84 Å². The fourth-order valence-electron chi connectivity index (χ4n) is 2.32. The number of halogens is 1. The SMILES string of the molecule is CCCN(C1COCC1C(=O)O)S(=O)(=O)c1sccc1Br. The van der Waals surface area contributed by atoms with Gasteiger partial charge in [-0.2, -0.15) is 4.31 Å². The summed E-state index contributed by atoms with van der Waals surface area (Å²) >= 11 is 4.35. The van der Waals surface area contributed by atoms with Crippen molar-refractivity contribution in [1.82, 2.24) is 4.31 Å². The lowest BCUT2D eigenvalue weighted by atomic mass is 10.0. The number of aliphatic carboxylic acids is 1. The first-order chi connectivity index (χ1) is 9.89. The summed E-state index contributed by atoms with van der Waals surface area (Å²) in [6.45, 7) is 2.28. The van der Waals surface area contributed by atoms with Crippen LogP contribution in [-0.2, 0) is 19.6 Å². The second-order valence-electron chi connectivity index (χ2n) is 4.72. The lowest BCUT2D eigenvalue weighted by Gasteiger charge is -2.28.